The van der Waals surface area contributed by atoms with Crippen LogP contribution in [0.25, 0.3) is 0 Å². The van der Waals surface area contributed by atoms with Gasteiger partial charge in [0.05, 0.1) is 1.37 Å². The van der Waals surface area contributed by atoms with Crippen molar-refractivity contribution in [1.29, 1.82) is 0 Å². The molecule has 0 amide bonds. The number of hydrogen-bond acceptors (Lipinski definition) is 2. The molecule has 0 spiro atoms. The van der Waals surface area contributed by atoms with Gasteiger partial charge in [-0.05, 0) is 30.8 Å². The molecule has 0 aromatic heterocycles. The lowest BCUT2D eigenvalue weighted by Crippen LogP contribution is -2.18. The Morgan fingerprint density at radius 3 is 3.27 bits per heavy atom. The van der Waals surface area contributed by atoms with Crippen LogP contribution in [0.2, 0.25) is 0 Å². The van der Waals surface area contributed by atoms with Crippen molar-refractivity contribution in [2.24, 2.45) is 5.92 Å². The molecule has 0 N–H and O–H groups in total. The van der Waals surface area contributed by atoms with Crippen molar-refractivity contribution in [1.82, 2.24) is 0 Å². The number of carbonyl (C=O) groups is 1. The molecule has 2 heterocycles. The van der Waals surface area contributed by atoms with E-state index in [1.54, 1.807) is 0 Å². The maximum absolute atomic E-state index is 11.1. The molecule has 3 fully saturated rings. The van der Waals surface area contributed by atoms with Gasteiger partial charge >= 0.3 is 5.97 Å². The van der Waals surface area contributed by atoms with Crippen molar-refractivity contribution in [3.05, 3.63) is 12.1 Å². The third kappa shape index (κ3) is 1.17. The summed E-state index contributed by atoms with van der Waals surface area (Å²) >= 11 is 0. The number of hydrogen-bond donors (Lipinski definition) is 0. The smallest absolute Gasteiger partial charge is 0.306 e. The highest BCUT2D eigenvalue weighted by Crippen LogP contribution is 2.35. The number of rotatable bonds is 0. The van der Waals surface area contributed by atoms with E-state index in [1.165, 1.54) is 6.55 Å². The SMILES string of the molecule is [2H]C=C1C[C@H]2CC[C@@H]1OC(=O)C2. The van der Waals surface area contributed by atoms with Gasteiger partial charge in [-0.25, -0.2) is 0 Å². The van der Waals surface area contributed by atoms with Gasteiger partial charge in [0.1, 0.15) is 6.10 Å². The minimum atomic E-state index is -0.0839. The van der Waals surface area contributed by atoms with Crippen LogP contribution in [0.1, 0.15) is 27.1 Å². The average Bonchev–Trinajstić information content (AvgIpc) is 2.32. The predicted molar refractivity (Wildman–Crippen MR) is 41.0 cm³/mol. The molecule has 2 saturated heterocycles. The normalized spacial score (nSPS) is 41.6. The lowest BCUT2D eigenvalue weighted by molar-refractivity contribution is -0.145. The Morgan fingerprint density at radius 2 is 2.45 bits per heavy atom. The first-order valence-electron chi connectivity index (χ1n) is 4.64. The van der Waals surface area contributed by atoms with E-state index in [2.05, 4.69) is 0 Å². The number of carbonyl (C=O) groups excluding carboxylic acids is 1. The Bertz CT molecular complexity index is 235. The quantitative estimate of drug-likeness (QED) is 0.391. The zero-order chi connectivity index (χ0) is 8.55. The van der Waals surface area contributed by atoms with Gasteiger partial charge in [-0.2, -0.15) is 0 Å². The second-order valence-electron chi connectivity index (χ2n) is 3.41. The van der Waals surface area contributed by atoms with Crippen LogP contribution in [0.5, 0.6) is 0 Å². The van der Waals surface area contributed by atoms with Gasteiger partial charge in [0.15, 0.2) is 0 Å². The van der Waals surface area contributed by atoms with Crippen LogP contribution in [-0.2, 0) is 9.53 Å². The van der Waals surface area contributed by atoms with Crippen molar-refractivity contribution in [2.75, 3.05) is 0 Å². The summed E-state index contributed by atoms with van der Waals surface area (Å²) in [5, 5.41) is 0. The fourth-order valence-electron chi connectivity index (χ4n) is 1.89. The molecule has 0 aromatic rings. The summed E-state index contributed by atoms with van der Waals surface area (Å²) in [6.45, 7) is 1.36. The molecular formula is C9H12O2. The van der Waals surface area contributed by atoms with E-state index in [0.717, 1.165) is 24.8 Å². The molecule has 60 valence electrons. The Kier molecular flexibility index (Phi) is 1.25. The van der Waals surface area contributed by atoms with E-state index in [-0.39, 0.29) is 12.1 Å². The summed E-state index contributed by atoms with van der Waals surface area (Å²) in [5.41, 5.74) is 0.997. The highest BCUT2D eigenvalue weighted by atomic mass is 16.5. The molecule has 3 aliphatic rings. The summed E-state index contributed by atoms with van der Waals surface area (Å²) < 4.78 is 12.3. The summed E-state index contributed by atoms with van der Waals surface area (Å²) in [5.74, 6) is 0.354. The van der Waals surface area contributed by atoms with Crippen LogP contribution in [0.4, 0.5) is 0 Å². The van der Waals surface area contributed by atoms with Gasteiger partial charge in [0, 0.05) is 6.42 Å². The summed E-state index contributed by atoms with van der Waals surface area (Å²) in [7, 11) is 0. The fourth-order valence-corrected chi connectivity index (χ4v) is 1.89. The van der Waals surface area contributed by atoms with Crippen LogP contribution < -0.4 is 0 Å². The highest BCUT2D eigenvalue weighted by Gasteiger charge is 2.32. The average molecular weight is 153 g/mol. The molecule has 2 nitrogen and oxygen atoms in total. The van der Waals surface area contributed by atoms with E-state index in [9.17, 15) is 4.79 Å². The molecule has 0 aromatic carbocycles. The standard InChI is InChI=1S/C9H12O2/c1-6-4-7-2-3-8(6)11-9(10)5-7/h7-8H,1-5H2/t7-,8+/m1/s1/i1D. The summed E-state index contributed by atoms with van der Waals surface area (Å²) in [6.07, 6.45) is 3.36. The molecular weight excluding hydrogens is 140 g/mol. The van der Waals surface area contributed by atoms with Crippen LogP contribution >= 0.6 is 0 Å². The van der Waals surface area contributed by atoms with Gasteiger partial charge in [-0.1, -0.05) is 6.55 Å². The topological polar surface area (TPSA) is 26.3 Å². The van der Waals surface area contributed by atoms with E-state index < -0.39 is 0 Å². The summed E-state index contributed by atoms with van der Waals surface area (Å²) in [6, 6.07) is 0. The van der Waals surface area contributed by atoms with E-state index in [0.29, 0.717) is 12.3 Å². The van der Waals surface area contributed by atoms with Crippen molar-refractivity contribution in [3.63, 3.8) is 0 Å². The maximum Gasteiger partial charge on any atom is 0.306 e. The number of ether oxygens (including phenoxy) is 1. The molecule has 11 heavy (non-hydrogen) atoms. The molecule has 2 bridgehead atoms. The molecule has 1 aliphatic carbocycles. The summed E-state index contributed by atoms with van der Waals surface area (Å²) in [4.78, 5) is 11.1. The van der Waals surface area contributed by atoms with E-state index in [4.69, 9.17) is 6.11 Å². The highest BCUT2D eigenvalue weighted by molar-refractivity contribution is 5.71. The van der Waals surface area contributed by atoms with Crippen LogP contribution in [0.3, 0.4) is 0 Å². The van der Waals surface area contributed by atoms with Gasteiger partial charge in [0.25, 0.3) is 0 Å². The minimum Gasteiger partial charge on any atom is -0.458 e. The fraction of sp³-hybridized carbons (Fsp3) is 0.667. The Labute approximate surface area is 67.6 Å². The van der Waals surface area contributed by atoms with Gasteiger partial charge < -0.3 is 4.74 Å². The molecule has 2 heteroatoms. The molecule has 2 aliphatic heterocycles. The van der Waals surface area contributed by atoms with Crippen molar-refractivity contribution < 1.29 is 10.9 Å². The molecule has 0 radical (unpaired) electrons. The van der Waals surface area contributed by atoms with Gasteiger partial charge in [-0.15, -0.1) is 0 Å². The second-order valence-corrected chi connectivity index (χ2v) is 3.41. The lowest BCUT2D eigenvalue weighted by Gasteiger charge is -2.23. The second kappa shape index (κ2) is 2.36. The number of esters is 1. The zero-order valence-electron chi connectivity index (χ0n) is 7.38. The van der Waals surface area contributed by atoms with Crippen molar-refractivity contribution in [3.8, 4) is 0 Å². The van der Waals surface area contributed by atoms with Crippen LogP contribution in [0, 0.1) is 5.92 Å². The minimum absolute atomic E-state index is 0.0752. The third-order valence-electron chi connectivity index (χ3n) is 2.50. The lowest BCUT2D eigenvalue weighted by atomic mass is 9.84. The maximum atomic E-state index is 11.1. The van der Waals surface area contributed by atoms with Gasteiger partial charge in [0.2, 0.25) is 0 Å². The zero-order valence-corrected chi connectivity index (χ0v) is 6.38. The van der Waals surface area contributed by atoms with Crippen molar-refractivity contribution >= 4 is 5.97 Å². The molecule has 0 unspecified atom stereocenters. The van der Waals surface area contributed by atoms with E-state index >= 15 is 0 Å². The van der Waals surface area contributed by atoms with E-state index in [1.807, 2.05) is 0 Å². The molecule has 2 atom stereocenters. The Morgan fingerprint density at radius 1 is 1.55 bits per heavy atom. The van der Waals surface area contributed by atoms with Gasteiger partial charge in [-0.3, -0.25) is 4.79 Å². The van der Waals surface area contributed by atoms with Crippen LogP contribution in [0.15, 0.2) is 12.1 Å². The first-order chi connectivity index (χ1) is 5.79. The molecule has 1 saturated carbocycles. The largest absolute Gasteiger partial charge is 0.458 e. The molecule has 3 rings (SSSR count). The van der Waals surface area contributed by atoms with Crippen molar-refractivity contribution in [2.45, 2.75) is 31.8 Å². The first-order valence-corrected chi connectivity index (χ1v) is 4.06. The third-order valence-corrected chi connectivity index (χ3v) is 2.50. The monoisotopic (exact) mass is 153 g/mol. The first kappa shape index (κ1) is 5.81. The van der Waals surface area contributed by atoms with Crippen LogP contribution in [-0.4, -0.2) is 12.1 Å². The Balaban J connectivity index is 2.23. The number of fused-ring (bicyclic) bond motifs is 4. The Hall–Kier alpha value is -0.790. The predicted octanol–water partition coefficient (Wildman–Crippen LogP) is 1.66.